The summed E-state index contributed by atoms with van der Waals surface area (Å²) in [7, 11) is 0. The van der Waals surface area contributed by atoms with Gasteiger partial charge in [-0.2, -0.15) is 8.78 Å². The first-order valence-corrected chi connectivity index (χ1v) is 3.70. The number of benzene rings is 1. The van der Waals surface area contributed by atoms with E-state index >= 15 is 0 Å². The predicted molar refractivity (Wildman–Crippen MR) is 41.1 cm³/mol. The summed E-state index contributed by atoms with van der Waals surface area (Å²) in [4.78, 5) is 0. The molecule has 0 amide bonds. The Balaban J connectivity index is 2.98. The molecule has 0 radical (unpaired) electrons. The van der Waals surface area contributed by atoms with E-state index in [2.05, 4.69) is 11.6 Å². The van der Waals surface area contributed by atoms with Gasteiger partial charge in [-0.3, -0.25) is 0 Å². The molecule has 0 saturated carbocycles. The van der Waals surface area contributed by atoms with Crippen LogP contribution in [0.2, 0.25) is 0 Å². The first-order valence-electron chi connectivity index (χ1n) is 3.26. The summed E-state index contributed by atoms with van der Waals surface area (Å²) < 4.78 is 37.7. The first kappa shape index (κ1) is 9.39. The average Bonchev–Trinajstić information content (AvgIpc) is 2.06. The highest BCUT2D eigenvalue weighted by Gasteiger charge is 2.40. The van der Waals surface area contributed by atoms with Crippen molar-refractivity contribution in [1.82, 2.24) is 0 Å². The second-order valence-corrected chi connectivity index (χ2v) is 2.67. The summed E-state index contributed by atoms with van der Waals surface area (Å²) in [5.41, 5.74) is -3.09. The topological polar surface area (TPSA) is 0 Å². The van der Waals surface area contributed by atoms with Crippen LogP contribution >= 0.6 is 11.6 Å². The van der Waals surface area contributed by atoms with Gasteiger partial charge in [-0.15, -0.1) is 0 Å². The third-order valence-electron chi connectivity index (χ3n) is 1.43. The maximum Gasteiger partial charge on any atom is 0.317 e. The van der Waals surface area contributed by atoms with Crippen LogP contribution in [0.15, 0.2) is 30.3 Å². The molecule has 66 valence electrons. The Kier molecular flexibility index (Phi) is 2.62. The fourth-order valence-corrected chi connectivity index (χ4v) is 0.912. The van der Waals surface area contributed by atoms with Gasteiger partial charge in [0.05, 0.1) is 0 Å². The second kappa shape index (κ2) is 3.35. The van der Waals surface area contributed by atoms with Crippen LogP contribution in [0.4, 0.5) is 13.2 Å². The Morgan fingerprint density at radius 2 is 1.67 bits per heavy atom. The van der Waals surface area contributed by atoms with Crippen LogP contribution < -0.4 is 0 Å². The Bertz CT molecular complexity index is 246. The molecule has 1 aromatic rings. The van der Waals surface area contributed by atoms with E-state index in [4.69, 9.17) is 0 Å². The van der Waals surface area contributed by atoms with Gasteiger partial charge in [0.25, 0.3) is 0 Å². The van der Waals surface area contributed by atoms with E-state index in [0.717, 1.165) is 12.1 Å². The molecule has 1 atom stereocenters. The molecule has 0 N–H and O–H groups in total. The van der Waals surface area contributed by atoms with Crippen LogP contribution in [0.1, 0.15) is 5.56 Å². The minimum Gasteiger partial charge on any atom is -0.223 e. The van der Waals surface area contributed by atoms with Crippen molar-refractivity contribution in [2.75, 3.05) is 0 Å². The Morgan fingerprint density at radius 1 is 1.17 bits per heavy atom. The maximum absolute atomic E-state index is 12.8. The monoisotopic (exact) mass is 194 g/mol. The largest absolute Gasteiger partial charge is 0.317 e. The summed E-state index contributed by atoms with van der Waals surface area (Å²) in [6.07, 6.45) is 0. The SMILES string of the molecule is FC(Cl)C(F)(F)c1ccccc1. The number of hydrogen-bond acceptors (Lipinski definition) is 0. The molecule has 0 fully saturated rings. The fraction of sp³-hybridized carbons (Fsp3) is 0.250. The van der Waals surface area contributed by atoms with E-state index in [1.165, 1.54) is 12.1 Å². The van der Waals surface area contributed by atoms with Gasteiger partial charge in [-0.25, -0.2) is 4.39 Å². The molecule has 0 bridgehead atoms. The zero-order chi connectivity index (χ0) is 9.19. The molecule has 0 aliphatic carbocycles. The van der Waals surface area contributed by atoms with Crippen LogP contribution in [0.3, 0.4) is 0 Å². The lowest BCUT2D eigenvalue weighted by atomic mass is 10.1. The summed E-state index contributed by atoms with van der Waals surface area (Å²) in [5, 5.41) is 0. The average molecular weight is 195 g/mol. The molecular weight excluding hydrogens is 189 g/mol. The van der Waals surface area contributed by atoms with Crippen molar-refractivity contribution in [2.45, 2.75) is 11.6 Å². The molecule has 1 rings (SSSR count). The highest BCUT2D eigenvalue weighted by molar-refractivity contribution is 6.20. The standard InChI is InChI=1S/C8H6ClF3/c9-7(10)8(11,12)6-4-2-1-3-5-6/h1-5,7H. The van der Waals surface area contributed by atoms with Crippen LogP contribution in [-0.2, 0) is 5.92 Å². The van der Waals surface area contributed by atoms with Gasteiger partial charge in [-0.1, -0.05) is 41.9 Å². The number of hydrogen-bond donors (Lipinski definition) is 0. The first-order chi connectivity index (χ1) is 5.55. The smallest absolute Gasteiger partial charge is 0.223 e. The Morgan fingerprint density at radius 3 is 2.08 bits per heavy atom. The van der Waals surface area contributed by atoms with Crippen LogP contribution in [0, 0.1) is 0 Å². The predicted octanol–water partition coefficient (Wildman–Crippen LogP) is 3.31. The molecule has 0 aliphatic heterocycles. The lowest BCUT2D eigenvalue weighted by Crippen LogP contribution is -2.22. The minimum absolute atomic E-state index is 0.410. The van der Waals surface area contributed by atoms with Crippen molar-refractivity contribution in [3.05, 3.63) is 35.9 Å². The van der Waals surface area contributed by atoms with Crippen molar-refractivity contribution in [3.8, 4) is 0 Å². The van der Waals surface area contributed by atoms with Gasteiger partial charge in [0.1, 0.15) is 0 Å². The summed E-state index contributed by atoms with van der Waals surface area (Å²) in [6.45, 7) is 0. The van der Waals surface area contributed by atoms with Gasteiger partial charge in [0, 0.05) is 5.56 Å². The number of alkyl halides is 4. The molecule has 0 aromatic heterocycles. The van der Waals surface area contributed by atoms with Gasteiger partial charge in [0.15, 0.2) is 0 Å². The van der Waals surface area contributed by atoms with E-state index in [9.17, 15) is 13.2 Å². The summed E-state index contributed by atoms with van der Waals surface area (Å²) in [5.74, 6) is -3.61. The quantitative estimate of drug-likeness (QED) is 0.634. The molecule has 0 spiro atoms. The summed E-state index contributed by atoms with van der Waals surface area (Å²) >= 11 is 4.69. The molecule has 4 heteroatoms. The van der Waals surface area contributed by atoms with Crippen molar-refractivity contribution < 1.29 is 13.2 Å². The van der Waals surface area contributed by atoms with Gasteiger partial charge in [0.2, 0.25) is 5.63 Å². The Hall–Kier alpha value is -0.700. The minimum atomic E-state index is -3.61. The van der Waals surface area contributed by atoms with Crippen LogP contribution in [0.25, 0.3) is 0 Å². The van der Waals surface area contributed by atoms with E-state index in [-0.39, 0.29) is 0 Å². The molecular formula is C8H6ClF3. The van der Waals surface area contributed by atoms with Crippen molar-refractivity contribution >= 4 is 11.6 Å². The van der Waals surface area contributed by atoms with E-state index in [1.807, 2.05) is 0 Å². The Labute approximate surface area is 73.0 Å². The third-order valence-corrected chi connectivity index (χ3v) is 1.71. The highest BCUT2D eigenvalue weighted by atomic mass is 35.5. The number of rotatable bonds is 2. The lowest BCUT2D eigenvalue weighted by molar-refractivity contribution is -0.0463. The van der Waals surface area contributed by atoms with Gasteiger partial charge in [-0.05, 0) is 0 Å². The highest BCUT2D eigenvalue weighted by Crippen LogP contribution is 2.35. The van der Waals surface area contributed by atoms with E-state index in [1.54, 1.807) is 6.07 Å². The normalized spacial score (nSPS) is 14.3. The van der Waals surface area contributed by atoms with Crippen molar-refractivity contribution in [2.24, 2.45) is 0 Å². The zero-order valence-corrected chi connectivity index (χ0v) is 6.73. The maximum atomic E-state index is 12.8. The third kappa shape index (κ3) is 1.72. The molecule has 1 aromatic carbocycles. The molecule has 0 saturated heterocycles. The summed E-state index contributed by atoms with van der Waals surface area (Å²) in [6, 6.07) is 6.65. The van der Waals surface area contributed by atoms with E-state index in [0.29, 0.717) is 0 Å². The van der Waals surface area contributed by atoms with Gasteiger partial charge < -0.3 is 0 Å². The van der Waals surface area contributed by atoms with Crippen LogP contribution in [0.5, 0.6) is 0 Å². The van der Waals surface area contributed by atoms with Crippen molar-refractivity contribution in [1.29, 1.82) is 0 Å². The second-order valence-electron chi connectivity index (χ2n) is 2.29. The van der Waals surface area contributed by atoms with Crippen molar-refractivity contribution in [3.63, 3.8) is 0 Å². The molecule has 0 heterocycles. The number of halogens is 4. The van der Waals surface area contributed by atoms with Gasteiger partial charge >= 0.3 is 5.92 Å². The van der Waals surface area contributed by atoms with Crippen LogP contribution in [-0.4, -0.2) is 5.63 Å². The van der Waals surface area contributed by atoms with E-state index < -0.39 is 17.1 Å². The molecule has 12 heavy (non-hydrogen) atoms. The zero-order valence-electron chi connectivity index (χ0n) is 5.98. The molecule has 1 unspecified atom stereocenters. The fourth-order valence-electron chi connectivity index (χ4n) is 0.786. The molecule has 0 nitrogen and oxygen atoms in total. The lowest BCUT2D eigenvalue weighted by Gasteiger charge is -2.15. The molecule has 0 aliphatic rings.